The van der Waals surface area contributed by atoms with Crippen molar-refractivity contribution < 1.29 is 13.9 Å². The third-order valence-corrected chi connectivity index (χ3v) is 6.05. The van der Waals surface area contributed by atoms with Gasteiger partial charge in [-0.25, -0.2) is 4.98 Å². The number of aryl methyl sites for hydroxylation is 2. The molecule has 0 spiro atoms. The first-order valence-electron chi connectivity index (χ1n) is 11.8. The topological polar surface area (TPSA) is 76.4 Å². The molecule has 0 saturated carbocycles. The van der Waals surface area contributed by atoms with Crippen molar-refractivity contribution in [2.45, 2.75) is 20.5 Å². The van der Waals surface area contributed by atoms with Crippen LogP contribution in [0.25, 0.3) is 22.6 Å². The Balaban J connectivity index is 1.20. The van der Waals surface area contributed by atoms with Crippen molar-refractivity contribution >= 4 is 40.0 Å². The summed E-state index contributed by atoms with van der Waals surface area (Å²) in [5.74, 6) is 0.936. The van der Waals surface area contributed by atoms with E-state index in [0.29, 0.717) is 40.6 Å². The first-order valence-corrected chi connectivity index (χ1v) is 12.2. The van der Waals surface area contributed by atoms with E-state index in [9.17, 15) is 4.79 Å². The number of fused-ring (bicyclic) bond motifs is 1. The Morgan fingerprint density at radius 1 is 0.946 bits per heavy atom. The fraction of sp³-hybridized carbons (Fsp3) is 0.100. The highest BCUT2D eigenvalue weighted by Crippen LogP contribution is 2.28. The molecule has 0 unspecified atom stereocenters. The molecule has 0 atom stereocenters. The number of amides is 1. The highest BCUT2D eigenvalue weighted by atomic mass is 32.1. The molecular weight excluding hydrogens is 482 g/mol. The number of hydrogen-bond donors (Lipinski definition) is 2. The Labute approximate surface area is 220 Å². The Hall–Kier alpha value is -4.49. The van der Waals surface area contributed by atoms with Gasteiger partial charge in [0.2, 0.25) is 5.89 Å². The lowest BCUT2D eigenvalue weighted by atomic mass is 10.1. The second-order valence-electron chi connectivity index (χ2n) is 8.73. The minimum absolute atomic E-state index is 0.187. The molecule has 0 aliphatic heterocycles. The molecule has 2 N–H and O–H groups in total. The van der Waals surface area contributed by atoms with Crippen molar-refractivity contribution in [3.05, 3.63) is 113 Å². The van der Waals surface area contributed by atoms with Gasteiger partial charge < -0.3 is 14.5 Å². The van der Waals surface area contributed by atoms with Crippen LogP contribution in [0.3, 0.4) is 0 Å². The van der Waals surface area contributed by atoms with Crippen LogP contribution < -0.4 is 15.4 Å². The number of carbonyl (C=O) groups is 1. The van der Waals surface area contributed by atoms with Gasteiger partial charge >= 0.3 is 0 Å². The minimum atomic E-state index is -0.313. The number of aromatic nitrogens is 1. The zero-order valence-corrected chi connectivity index (χ0v) is 21.3. The second kappa shape index (κ2) is 10.6. The summed E-state index contributed by atoms with van der Waals surface area (Å²) in [4.78, 5) is 17.3. The molecule has 0 fully saturated rings. The first-order chi connectivity index (χ1) is 17.9. The number of nitrogens with one attached hydrogen (secondary N) is 2. The van der Waals surface area contributed by atoms with Crippen molar-refractivity contribution in [3.63, 3.8) is 0 Å². The molecule has 6 nitrogen and oxygen atoms in total. The Bertz CT molecular complexity index is 1580. The SMILES string of the molecule is Cc1ccc(-c2nc3cc(NC(=S)NC(=O)c4ccc(OCc5ccccc5)cc4)ccc3o2)c(C)c1. The molecule has 5 rings (SSSR count). The normalized spacial score (nSPS) is 10.8. The number of oxazole rings is 1. The van der Waals surface area contributed by atoms with Crippen LogP contribution in [0.1, 0.15) is 27.0 Å². The number of nitrogens with zero attached hydrogens (tertiary/aromatic N) is 1. The van der Waals surface area contributed by atoms with Crippen LogP contribution in [0.15, 0.2) is 95.4 Å². The number of benzene rings is 4. The van der Waals surface area contributed by atoms with E-state index in [0.717, 1.165) is 16.7 Å². The predicted octanol–water partition coefficient (Wildman–Crippen LogP) is 6.82. The molecule has 1 amide bonds. The zero-order chi connectivity index (χ0) is 25.8. The largest absolute Gasteiger partial charge is 0.489 e. The molecule has 37 heavy (non-hydrogen) atoms. The predicted molar refractivity (Wildman–Crippen MR) is 150 cm³/mol. The first kappa shape index (κ1) is 24.2. The van der Waals surface area contributed by atoms with Gasteiger partial charge in [-0.1, -0.05) is 48.0 Å². The molecule has 1 heterocycles. The van der Waals surface area contributed by atoms with Gasteiger partial charge in [0, 0.05) is 16.8 Å². The van der Waals surface area contributed by atoms with E-state index in [-0.39, 0.29) is 11.0 Å². The van der Waals surface area contributed by atoms with Crippen molar-refractivity contribution in [1.29, 1.82) is 0 Å². The maximum absolute atomic E-state index is 12.7. The molecule has 0 radical (unpaired) electrons. The van der Waals surface area contributed by atoms with Crippen LogP contribution in [-0.2, 0) is 6.61 Å². The van der Waals surface area contributed by atoms with Crippen LogP contribution in [-0.4, -0.2) is 16.0 Å². The fourth-order valence-electron chi connectivity index (χ4n) is 3.96. The van der Waals surface area contributed by atoms with E-state index in [1.54, 1.807) is 24.3 Å². The van der Waals surface area contributed by atoms with Gasteiger partial charge in [0.05, 0.1) is 0 Å². The summed E-state index contributed by atoms with van der Waals surface area (Å²) in [7, 11) is 0. The fourth-order valence-corrected chi connectivity index (χ4v) is 4.17. The van der Waals surface area contributed by atoms with E-state index < -0.39 is 0 Å². The molecule has 4 aromatic carbocycles. The lowest BCUT2D eigenvalue weighted by molar-refractivity contribution is 0.0977. The number of hydrogen-bond acceptors (Lipinski definition) is 5. The van der Waals surface area contributed by atoms with Crippen molar-refractivity contribution in [2.75, 3.05) is 5.32 Å². The molecular formula is C30H25N3O3S. The number of ether oxygens (including phenoxy) is 1. The van der Waals surface area contributed by atoms with Crippen molar-refractivity contribution in [1.82, 2.24) is 10.3 Å². The summed E-state index contributed by atoms with van der Waals surface area (Å²) >= 11 is 5.36. The number of anilines is 1. The van der Waals surface area contributed by atoms with E-state index >= 15 is 0 Å². The van der Waals surface area contributed by atoms with Gasteiger partial charge in [-0.15, -0.1) is 0 Å². The van der Waals surface area contributed by atoms with E-state index in [2.05, 4.69) is 28.6 Å². The Morgan fingerprint density at radius 2 is 1.73 bits per heavy atom. The maximum atomic E-state index is 12.7. The van der Waals surface area contributed by atoms with Crippen LogP contribution in [0.2, 0.25) is 0 Å². The summed E-state index contributed by atoms with van der Waals surface area (Å²) in [6.07, 6.45) is 0. The van der Waals surface area contributed by atoms with Gasteiger partial charge in [-0.2, -0.15) is 0 Å². The minimum Gasteiger partial charge on any atom is -0.489 e. The molecule has 0 aliphatic carbocycles. The van der Waals surface area contributed by atoms with E-state index in [1.165, 1.54) is 5.56 Å². The monoisotopic (exact) mass is 507 g/mol. The van der Waals surface area contributed by atoms with Gasteiger partial charge in [0.15, 0.2) is 10.7 Å². The molecule has 0 bridgehead atoms. The van der Waals surface area contributed by atoms with Gasteiger partial charge in [0.25, 0.3) is 5.91 Å². The van der Waals surface area contributed by atoms with Gasteiger partial charge in [0.1, 0.15) is 17.9 Å². The third kappa shape index (κ3) is 5.85. The summed E-state index contributed by atoms with van der Waals surface area (Å²) < 4.78 is 11.7. The molecule has 7 heteroatoms. The lowest BCUT2D eigenvalue weighted by Gasteiger charge is -2.10. The average Bonchev–Trinajstić information content (AvgIpc) is 3.31. The number of carbonyl (C=O) groups excluding carboxylic acids is 1. The van der Waals surface area contributed by atoms with Crippen LogP contribution in [0.4, 0.5) is 5.69 Å². The zero-order valence-electron chi connectivity index (χ0n) is 20.4. The van der Waals surface area contributed by atoms with Gasteiger partial charge in [-0.05, 0) is 85.7 Å². The van der Waals surface area contributed by atoms with Crippen molar-refractivity contribution in [2.24, 2.45) is 0 Å². The second-order valence-corrected chi connectivity index (χ2v) is 9.14. The van der Waals surface area contributed by atoms with E-state index in [4.69, 9.17) is 21.4 Å². The molecule has 5 aromatic rings. The summed E-state index contributed by atoms with van der Waals surface area (Å²) in [5, 5.41) is 5.94. The number of rotatable bonds is 6. The Kier molecular flexibility index (Phi) is 6.96. The van der Waals surface area contributed by atoms with Crippen molar-refractivity contribution in [3.8, 4) is 17.2 Å². The summed E-state index contributed by atoms with van der Waals surface area (Å²) in [6.45, 7) is 4.55. The quantitative estimate of drug-likeness (QED) is 0.246. The van der Waals surface area contributed by atoms with Crippen LogP contribution >= 0.6 is 12.2 Å². The van der Waals surface area contributed by atoms with Crippen LogP contribution in [0, 0.1) is 13.8 Å². The van der Waals surface area contributed by atoms with Crippen LogP contribution in [0.5, 0.6) is 5.75 Å². The highest BCUT2D eigenvalue weighted by Gasteiger charge is 2.13. The molecule has 0 aliphatic rings. The third-order valence-electron chi connectivity index (χ3n) is 5.85. The van der Waals surface area contributed by atoms with E-state index in [1.807, 2.05) is 67.6 Å². The molecule has 1 aromatic heterocycles. The maximum Gasteiger partial charge on any atom is 0.257 e. The average molecular weight is 508 g/mol. The Morgan fingerprint density at radius 3 is 2.49 bits per heavy atom. The number of thiocarbonyl (C=S) groups is 1. The lowest BCUT2D eigenvalue weighted by Crippen LogP contribution is -2.34. The molecule has 184 valence electrons. The van der Waals surface area contributed by atoms with Gasteiger partial charge in [-0.3, -0.25) is 10.1 Å². The highest BCUT2D eigenvalue weighted by molar-refractivity contribution is 7.80. The summed E-state index contributed by atoms with van der Waals surface area (Å²) in [5.41, 5.74) is 6.85. The summed E-state index contributed by atoms with van der Waals surface area (Å²) in [6, 6.07) is 28.5. The smallest absolute Gasteiger partial charge is 0.257 e. The standard InChI is InChI=1S/C30H25N3O3S/c1-19-8-14-25(20(2)16-19)29-32-26-17-23(11-15-27(26)36-29)31-30(37)33-28(34)22-9-12-24(13-10-22)35-18-21-6-4-3-5-7-21/h3-17H,18H2,1-2H3,(H2,31,33,34,37). The molecule has 0 saturated heterocycles.